The lowest BCUT2D eigenvalue weighted by Gasteiger charge is -2.28. The maximum absolute atomic E-state index is 13.6. The van der Waals surface area contributed by atoms with E-state index in [-0.39, 0.29) is 5.82 Å². The maximum Gasteiger partial charge on any atom is 0.168 e. The van der Waals surface area contributed by atoms with Crippen LogP contribution in [0.1, 0.15) is 39.0 Å². The lowest BCUT2D eigenvalue weighted by Crippen LogP contribution is -2.28. The van der Waals surface area contributed by atoms with E-state index < -0.39 is 0 Å². The summed E-state index contributed by atoms with van der Waals surface area (Å²) in [6.45, 7) is 3.53. The van der Waals surface area contributed by atoms with Gasteiger partial charge in [0.25, 0.3) is 0 Å². The van der Waals surface area contributed by atoms with Gasteiger partial charge in [-0.05, 0) is 68.3 Å². The average molecular weight is 469 g/mol. The highest BCUT2D eigenvalue weighted by molar-refractivity contribution is 7.98. The first-order chi connectivity index (χ1) is 16.1. The summed E-state index contributed by atoms with van der Waals surface area (Å²) >= 11 is 1.60. The van der Waals surface area contributed by atoms with Crippen LogP contribution in [0, 0.1) is 11.7 Å². The molecule has 1 atom stereocenters. The monoisotopic (exact) mass is 468 g/mol. The molecule has 2 heterocycles. The third-order valence-corrected chi connectivity index (χ3v) is 7.19. The molecule has 7 heteroatoms. The zero-order valence-electron chi connectivity index (χ0n) is 19.7. The molecular weight excluding hydrogens is 435 g/mol. The molecule has 1 aliphatic rings. The minimum Gasteiger partial charge on any atom is -0.383 e. The van der Waals surface area contributed by atoms with Gasteiger partial charge in [-0.2, -0.15) is 0 Å². The fourth-order valence-electron chi connectivity index (χ4n) is 4.72. The lowest BCUT2D eigenvalue weighted by atomic mass is 9.84. The van der Waals surface area contributed by atoms with Crippen molar-refractivity contribution in [1.82, 2.24) is 14.5 Å². The minimum atomic E-state index is -0.253. The van der Waals surface area contributed by atoms with Crippen molar-refractivity contribution in [2.45, 2.75) is 56.8 Å². The number of hydrogen-bond donors (Lipinski definition) is 1. The van der Waals surface area contributed by atoms with Gasteiger partial charge in [-0.15, -0.1) is 0 Å². The smallest absolute Gasteiger partial charge is 0.168 e. The van der Waals surface area contributed by atoms with Crippen molar-refractivity contribution in [3.63, 3.8) is 0 Å². The second-order valence-corrected chi connectivity index (χ2v) is 9.48. The molecule has 2 aromatic heterocycles. The van der Waals surface area contributed by atoms with Gasteiger partial charge in [0, 0.05) is 37.0 Å². The van der Waals surface area contributed by atoms with Crippen molar-refractivity contribution in [1.29, 1.82) is 0 Å². The summed E-state index contributed by atoms with van der Waals surface area (Å²) in [6, 6.07) is 11.1. The molecule has 33 heavy (non-hydrogen) atoms. The topological polar surface area (TPSA) is 52.0 Å². The van der Waals surface area contributed by atoms with E-state index in [2.05, 4.69) is 27.9 Å². The molecule has 3 aromatic rings. The number of hydrogen-bond acceptors (Lipinski definition) is 5. The second kappa shape index (κ2) is 11.2. The third kappa shape index (κ3) is 5.58. The van der Waals surface area contributed by atoms with Gasteiger partial charge < -0.3 is 14.6 Å². The number of pyridine rings is 1. The molecule has 1 saturated carbocycles. The number of nitrogens with zero attached hydrogens (tertiary/aromatic N) is 3. The molecule has 1 fully saturated rings. The number of benzene rings is 1. The summed E-state index contributed by atoms with van der Waals surface area (Å²) in [5.41, 5.74) is 3.76. The molecule has 0 unspecified atom stereocenters. The molecule has 0 spiro atoms. The van der Waals surface area contributed by atoms with Gasteiger partial charge >= 0.3 is 0 Å². The Balaban J connectivity index is 1.72. The van der Waals surface area contributed by atoms with Crippen molar-refractivity contribution in [2.75, 3.05) is 25.3 Å². The number of methoxy groups -OCH3 is 1. The van der Waals surface area contributed by atoms with E-state index in [9.17, 15) is 4.39 Å². The Morgan fingerprint density at radius 2 is 1.91 bits per heavy atom. The van der Waals surface area contributed by atoms with Crippen LogP contribution in [-0.4, -0.2) is 40.5 Å². The summed E-state index contributed by atoms with van der Waals surface area (Å²) in [6.07, 6.45) is 10.4. The fraction of sp³-hybridized carbons (Fsp3) is 0.462. The second-order valence-electron chi connectivity index (χ2n) is 8.71. The molecule has 0 radical (unpaired) electrons. The van der Waals surface area contributed by atoms with Gasteiger partial charge in [0.15, 0.2) is 5.16 Å². The van der Waals surface area contributed by atoms with Crippen LogP contribution in [-0.2, 0) is 11.3 Å². The highest BCUT2D eigenvalue weighted by Gasteiger charge is 2.22. The van der Waals surface area contributed by atoms with Gasteiger partial charge in [-0.3, -0.25) is 0 Å². The molecule has 1 N–H and O–H groups in total. The van der Waals surface area contributed by atoms with Crippen LogP contribution in [0.2, 0.25) is 0 Å². The van der Waals surface area contributed by atoms with Crippen LogP contribution < -0.4 is 5.32 Å². The van der Waals surface area contributed by atoms with E-state index >= 15 is 0 Å². The van der Waals surface area contributed by atoms with E-state index in [1.165, 1.54) is 44.2 Å². The highest BCUT2D eigenvalue weighted by Crippen LogP contribution is 2.36. The van der Waals surface area contributed by atoms with Crippen molar-refractivity contribution in [3.05, 3.63) is 48.4 Å². The van der Waals surface area contributed by atoms with Gasteiger partial charge in [0.05, 0.1) is 18.0 Å². The zero-order valence-corrected chi connectivity index (χ0v) is 20.5. The Morgan fingerprint density at radius 1 is 1.15 bits per heavy atom. The normalized spacial score (nSPS) is 15.5. The summed E-state index contributed by atoms with van der Waals surface area (Å²) in [5, 5.41) is 4.56. The van der Waals surface area contributed by atoms with Gasteiger partial charge in [-0.25, -0.2) is 14.4 Å². The van der Waals surface area contributed by atoms with E-state index in [0.29, 0.717) is 25.1 Å². The first kappa shape index (κ1) is 23.8. The molecule has 0 bridgehead atoms. The van der Waals surface area contributed by atoms with Crippen LogP contribution >= 0.6 is 11.8 Å². The van der Waals surface area contributed by atoms with Crippen LogP contribution in [0.5, 0.6) is 0 Å². The minimum absolute atomic E-state index is 0.253. The number of thioether (sulfide) groups is 1. The molecule has 5 nitrogen and oxygen atoms in total. The quantitative estimate of drug-likeness (QED) is 0.363. The third-order valence-electron chi connectivity index (χ3n) is 6.52. The number of rotatable bonds is 9. The van der Waals surface area contributed by atoms with Crippen molar-refractivity contribution in [2.24, 2.45) is 5.92 Å². The fourth-order valence-corrected chi connectivity index (χ4v) is 5.31. The number of nitrogens with one attached hydrogen (secondary N) is 1. The first-order valence-electron chi connectivity index (χ1n) is 11.7. The Morgan fingerprint density at radius 3 is 2.61 bits per heavy atom. The molecule has 0 aliphatic heterocycles. The van der Waals surface area contributed by atoms with Crippen LogP contribution in [0.15, 0.2) is 47.8 Å². The van der Waals surface area contributed by atoms with Crippen molar-refractivity contribution in [3.8, 4) is 22.5 Å². The molecule has 4 rings (SSSR count). The zero-order chi connectivity index (χ0) is 23.2. The Labute approximate surface area is 200 Å². The molecule has 0 saturated heterocycles. The highest BCUT2D eigenvalue weighted by atomic mass is 32.2. The van der Waals surface area contributed by atoms with E-state index in [1.54, 1.807) is 31.0 Å². The van der Waals surface area contributed by atoms with E-state index in [4.69, 9.17) is 9.72 Å². The first-order valence-corrected chi connectivity index (χ1v) is 13.0. The predicted octanol–water partition coefficient (Wildman–Crippen LogP) is 6.50. The van der Waals surface area contributed by atoms with E-state index in [1.807, 2.05) is 18.5 Å². The number of anilines is 1. The average Bonchev–Trinajstić information content (AvgIpc) is 3.22. The number of imidazole rings is 1. The van der Waals surface area contributed by atoms with Crippen molar-refractivity contribution < 1.29 is 9.13 Å². The van der Waals surface area contributed by atoms with E-state index in [0.717, 1.165) is 33.5 Å². The maximum atomic E-state index is 13.6. The molecular formula is C26H33FN4OS. The van der Waals surface area contributed by atoms with Gasteiger partial charge in [0.2, 0.25) is 0 Å². The number of ether oxygens (including phenoxy) is 1. The lowest BCUT2D eigenvalue weighted by molar-refractivity contribution is 0.185. The Hall–Kier alpha value is -2.38. The summed E-state index contributed by atoms with van der Waals surface area (Å²) < 4.78 is 21.2. The van der Waals surface area contributed by atoms with Crippen LogP contribution in [0.3, 0.4) is 0 Å². The van der Waals surface area contributed by atoms with Gasteiger partial charge in [0.1, 0.15) is 11.6 Å². The van der Waals surface area contributed by atoms with Crippen molar-refractivity contribution >= 4 is 17.6 Å². The van der Waals surface area contributed by atoms with Gasteiger partial charge in [-0.1, -0.05) is 31.0 Å². The summed E-state index contributed by atoms with van der Waals surface area (Å²) in [4.78, 5) is 9.54. The standard InChI is InChI=1S/C26H33FN4OS/c1-18(19-7-5-4-6-8-19)29-23-17-21(13-14-28-23)25-24(20-9-11-22(27)12-10-20)30-26(33-3)31(25)15-16-32-2/h9-14,17-19H,4-8,15-16H2,1-3H3,(H,28,29)/t18-/m1/s1. The molecule has 1 aromatic carbocycles. The van der Waals surface area contributed by atoms with Crippen LogP contribution in [0.4, 0.5) is 10.2 Å². The number of aromatic nitrogens is 3. The SMILES string of the molecule is COCCn1c(SC)nc(-c2ccc(F)cc2)c1-c1ccnc(N[C@H](C)C2CCCCC2)c1. The van der Waals surface area contributed by atoms with Crippen LogP contribution in [0.25, 0.3) is 22.5 Å². The largest absolute Gasteiger partial charge is 0.383 e. The summed E-state index contributed by atoms with van der Waals surface area (Å²) in [5.74, 6) is 1.31. The Kier molecular flexibility index (Phi) is 8.04. The molecule has 176 valence electrons. The summed E-state index contributed by atoms with van der Waals surface area (Å²) in [7, 11) is 1.71. The molecule has 0 amide bonds. The Bertz CT molecular complexity index is 1050. The predicted molar refractivity (Wildman–Crippen MR) is 134 cm³/mol. The molecule has 1 aliphatic carbocycles. The number of halogens is 1.